The molecule has 1 aliphatic rings. The lowest BCUT2D eigenvalue weighted by Gasteiger charge is -2.33. The fourth-order valence-electron chi connectivity index (χ4n) is 3.08. The van der Waals surface area contributed by atoms with Crippen LogP contribution < -0.4 is 5.32 Å². The summed E-state index contributed by atoms with van der Waals surface area (Å²) >= 11 is 12.0. The summed E-state index contributed by atoms with van der Waals surface area (Å²) in [4.78, 5) is 14.8. The largest absolute Gasteiger partial charge is 0.347 e. The number of halogens is 2. The lowest BCUT2D eigenvalue weighted by Crippen LogP contribution is -2.47. The number of aromatic nitrogens is 2. The van der Waals surface area contributed by atoms with Gasteiger partial charge in [-0.2, -0.15) is 5.10 Å². The van der Waals surface area contributed by atoms with Gasteiger partial charge in [-0.05, 0) is 37.1 Å². The molecule has 0 unspecified atom stereocenters. The van der Waals surface area contributed by atoms with E-state index in [0.29, 0.717) is 10.7 Å². The van der Waals surface area contributed by atoms with Crippen molar-refractivity contribution in [3.8, 4) is 0 Å². The Morgan fingerprint density at radius 2 is 2.08 bits per heavy atom. The van der Waals surface area contributed by atoms with Gasteiger partial charge in [0.2, 0.25) is 0 Å². The molecule has 1 saturated heterocycles. The Balaban J connectivity index is 1.59. The van der Waals surface area contributed by atoms with Crippen molar-refractivity contribution in [2.75, 3.05) is 13.1 Å². The third kappa shape index (κ3) is 4.09. The smallest absolute Gasteiger partial charge is 0.271 e. The zero-order valence-electron chi connectivity index (χ0n) is 13.5. The number of carbonyl (C=O) groups excluding carboxylic acids is 1. The molecule has 1 amide bonds. The summed E-state index contributed by atoms with van der Waals surface area (Å²) in [5.74, 6) is -0.168. The molecule has 1 atom stereocenters. The Bertz CT molecular complexity index is 694. The van der Waals surface area contributed by atoms with Gasteiger partial charge in [0.15, 0.2) is 0 Å². The number of hydrogen-bond donors (Lipinski definition) is 1. The number of amides is 1. The van der Waals surface area contributed by atoms with E-state index in [2.05, 4.69) is 15.3 Å². The second kappa shape index (κ2) is 7.55. The Labute approximate surface area is 151 Å². The molecule has 1 aliphatic heterocycles. The highest BCUT2D eigenvalue weighted by atomic mass is 35.5. The van der Waals surface area contributed by atoms with Crippen molar-refractivity contribution in [2.45, 2.75) is 25.4 Å². The quantitative estimate of drug-likeness (QED) is 0.904. The van der Waals surface area contributed by atoms with Crippen LogP contribution in [0.25, 0.3) is 0 Å². The highest BCUT2D eigenvalue weighted by molar-refractivity contribution is 6.33. The maximum atomic E-state index is 12.4. The van der Waals surface area contributed by atoms with Crippen molar-refractivity contribution >= 4 is 29.1 Å². The molecule has 0 saturated carbocycles. The highest BCUT2D eigenvalue weighted by Crippen LogP contribution is 2.18. The fourth-order valence-corrected chi connectivity index (χ4v) is 3.46. The minimum Gasteiger partial charge on any atom is -0.347 e. The Hall–Kier alpha value is -1.56. The first kappa shape index (κ1) is 17.3. The van der Waals surface area contributed by atoms with E-state index in [1.807, 2.05) is 24.3 Å². The number of nitrogens with one attached hydrogen (secondary N) is 1. The van der Waals surface area contributed by atoms with E-state index < -0.39 is 0 Å². The van der Waals surface area contributed by atoms with E-state index in [9.17, 15) is 4.79 Å². The first-order valence-corrected chi connectivity index (χ1v) is 8.73. The van der Waals surface area contributed by atoms with Crippen LogP contribution in [-0.2, 0) is 13.6 Å². The van der Waals surface area contributed by atoms with Crippen molar-refractivity contribution in [3.05, 3.63) is 51.8 Å². The van der Waals surface area contributed by atoms with Gasteiger partial charge < -0.3 is 5.32 Å². The molecule has 0 aliphatic carbocycles. The number of likely N-dealkylation sites (tertiary alicyclic amines) is 1. The Morgan fingerprint density at radius 3 is 2.75 bits per heavy atom. The van der Waals surface area contributed by atoms with Crippen molar-refractivity contribution in [1.29, 1.82) is 0 Å². The number of hydrogen-bond acceptors (Lipinski definition) is 3. The Morgan fingerprint density at radius 1 is 1.33 bits per heavy atom. The molecular formula is C17H20Cl2N4O. The summed E-state index contributed by atoms with van der Waals surface area (Å²) in [5.41, 5.74) is 1.63. The van der Waals surface area contributed by atoms with E-state index >= 15 is 0 Å². The zero-order valence-corrected chi connectivity index (χ0v) is 15.0. The van der Waals surface area contributed by atoms with E-state index in [-0.39, 0.29) is 11.9 Å². The number of carbonyl (C=O) groups is 1. The molecule has 1 aromatic heterocycles. The molecule has 0 radical (unpaired) electrons. The molecule has 5 nitrogen and oxygen atoms in total. The van der Waals surface area contributed by atoms with Gasteiger partial charge in [-0.3, -0.25) is 14.4 Å². The molecule has 2 aromatic rings. The molecule has 24 heavy (non-hydrogen) atoms. The number of nitrogens with zero attached hydrogens (tertiary/aromatic N) is 3. The normalized spacial score (nSPS) is 18.5. The van der Waals surface area contributed by atoms with Crippen LogP contribution in [0.2, 0.25) is 10.0 Å². The predicted octanol–water partition coefficient (Wildman–Crippen LogP) is 3.12. The molecule has 1 aromatic carbocycles. The van der Waals surface area contributed by atoms with Crippen molar-refractivity contribution in [1.82, 2.24) is 20.0 Å². The first-order valence-electron chi connectivity index (χ1n) is 7.98. The van der Waals surface area contributed by atoms with Crippen LogP contribution in [-0.4, -0.2) is 39.7 Å². The van der Waals surface area contributed by atoms with Crippen LogP contribution in [0.3, 0.4) is 0 Å². The molecule has 1 fully saturated rings. The maximum absolute atomic E-state index is 12.4. The molecule has 2 heterocycles. The predicted molar refractivity (Wildman–Crippen MR) is 95.4 cm³/mol. The SMILES string of the molecule is Cn1ncc(Cl)c1C(=O)N[C@@H]1CCCN(Cc2ccc(Cl)cc2)C1. The number of benzene rings is 1. The monoisotopic (exact) mass is 366 g/mol. The van der Waals surface area contributed by atoms with E-state index in [4.69, 9.17) is 23.2 Å². The van der Waals surface area contributed by atoms with Gasteiger partial charge in [-0.15, -0.1) is 0 Å². The number of piperidine rings is 1. The Kier molecular flexibility index (Phi) is 5.43. The third-order valence-corrected chi connectivity index (χ3v) is 4.80. The van der Waals surface area contributed by atoms with Gasteiger partial charge >= 0.3 is 0 Å². The van der Waals surface area contributed by atoms with E-state index in [1.54, 1.807) is 7.05 Å². The first-order chi connectivity index (χ1) is 11.5. The minimum atomic E-state index is -0.168. The molecular weight excluding hydrogens is 347 g/mol. The van der Waals surface area contributed by atoms with Gasteiger partial charge in [0.05, 0.1) is 11.2 Å². The summed E-state index contributed by atoms with van der Waals surface area (Å²) < 4.78 is 1.51. The summed E-state index contributed by atoms with van der Waals surface area (Å²) in [5, 5.41) is 8.22. The molecule has 0 spiro atoms. The van der Waals surface area contributed by atoms with E-state index in [0.717, 1.165) is 37.5 Å². The van der Waals surface area contributed by atoms with Gasteiger partial charge in [0.25, 0.3) is 5.91 Å². The van der Waals surface area contributed by atoms with Gasteiger partial charge in [-0.25, -0.2) is 0 Å². The van der Waals surface area contributed by atoms with Crippen LogP contribution in [0.1, 0.15) is 28.9 Å². The standard InChI is InChI=1S/C17H20Cl2N4O/c1-22-16(15(19)9-20-22)17(24)21-14-3-2-8-23(11-14)10-12-4-6-13(18)7-5-12/h4-7,9,14H,2-3,8,10-11H2,1H3,(H,21,24)/t14-/m1/s1. The van der Waals surface area contributed by atoms with Gasteiger partial charge in [-0.1, -0.05) is 35.3 Å². The van der Waals surface area contributed by atoms with Crippen molar-refractivity contribution in [3.63, 3.8) is 0 Å². The average Bonchev–Trinajstić information content (AvgIpc) is 2.89. The number of rotatable bonds is 4. The van der Waals surface area contributed by atoms with Crippen molar-refractivity contribution in [2.24, 2.45) is 7.05 Å². The summed E-state index contributed by atoms with van der Waals surface area (Å²) in [6, 6.07) is 8.01. The van der Waals surface area contributed by atoms with E-state index in [1.165, 1.54) is 16.4 Å². The molecule has 7 heteroatoms. The molecule has 0 bridgehead atoms. The fraction of sp³-hybridized carbons (Fsp3) is 0.412. The van der Waals surface area contributed by atoms with Gasteiger partial charge in [0.1, 0.15) is 5.69 Å². The summed E-state index contributed by atoms with van der Waals surface area (Å²) in [6.07, 6.45) is 3.51. The van der Waals surface area contributed by atoms with Crippen LogP contribution in [0.15, 0.2) is 30.5 Å². The lowest BCUT2D eigenvalue weighted by molar-refractivity contribution is 0.0891. The lowest BCUT2D eigenvalue weighted by atomic mass is 10.0. The van der Waals surface area contributed by atoms with Crippen LogP contribution in [0.5, 0.6) is 0 Å². The second-order valence-corrected chi connectivity index (χ2v) is 6.98. The number of aryl methyl sites for hydroxylation is 1. The van der Waals surface area contributed by atoms with Crippen LogP contribution >= 0.6 is 23.2 Å². The summed E-state index contributed by atoms with van der Waals surface area (Å²) in [7, 11) is 1.72. The topological polar surface area (TPSA) is 50.2 Å². The molecule has 1 N–H and O–H groups in total. The second-order valence-electron chi connectivity index (χ2n) is 6.14. The van der Waals surface area contributed by atoms with Crippen molar-refractivity contribution < 1.29 is 4.79 Å². The van der Waals surface area contributed by atoms with Gasteiger partial charge in [0, 0.05) is 31.2 Å². The van der Waals surface area contributed by atoms with Crippen LogP contribution in [0.4, 0.5) is 0 Å². The average molecular weight is 367 g/mol. The maximum Gasteiger partial charge on any atom is 0.271 e. The summed E-state index contributed by atoms with van der Waals surface area (Å²) in [6.45, 7) is 2.71. The molecule has 128 valence electrons. The third-order valence-electron chi connectivity index (χ3n) is 4.27. The molecule has 3 rings (SSSR count). The highest BCUT2D eigenvalue weighted by Gasteiger charge is 2.24. The van der Waals surface area contributed by atoms with Crippen LogP contribution in [0, 0.1) is 0 Å². The minimum absolute atomic E-state index is 0.115. The zero-order chi connectivity index (χ0) is 17.1.